The molecule has 1 aromatic heterocycles. The van der Waals surface area contributed by atoms with Gasteiger partial charge in [0, 0.05) is 14.1 Å². The van der Waals surface area contributed by atoms with Crippen molar-refractivity contribution in [1.82, 2.24) is 4.90 Å². The van der Waals surface area contributed by atoms with Gasteiger partial charge in [-0.3, -0.25) is 4.79 Å². The summed E-state index contributed by atoms with van der Waals surface area (Å²) in [4.78, 5) is 13.2. The van der Waals surface area contributed by atoms with Gasteiger partial charge in [-0.1, -0.05) is 24.3 Å². The van der Waals surface area contributed by atoms with Crippen LogP contribution in [0.3, 0.4) is 0 Å². The quantitative estimate of drug-likeness (QED) is 0.814. The van der Waals surface area contributed by atoms with Crippen molar-refractivity contribution >= 4 is 17.2 Å². The highest BCUT2D eigenvalue weighted by molar-refractivity contribution is 7.08. The summed E-state index contributed by atoms with van der Waals surface area (Å²) < 4.78 is 0. The van der Waals surface area contributed by atoms with Gasteiger partial charge in [-0.05, 0) is 33.5 Å². The lowest BCUT2D eigenvalue weighted by atomic mass is 10.1. The SMILES string of the molecule is CN(C)C(=O)Cc1ccc(-c2ccsc2)cc1. The number of amides is 1. The Labute approximate surface area is 106 Å². The first-order valence-electron chi connectivity index (χ1n) is 5.48. The maximum Gasteiger partial charge on any atom is 0.226 e. The molecule has 0 fully saturated rings. The molecule has 3 heteroatoms. The highest BCUT2D eigenvalue weighted by Crippen LogP contribution is 2.22. The molecule has 1 amide bonds. The van der Waals surface area contributed by atoms with Crippen molar-refractivity contribution in [3.63, 3.8) is 0 Å². The molecule has 0 aliphatic carbocycles. The summed E-state index contributed by atoms with van der Waals surface area (Å²) in [6.07, 6.45) is 0.469. The number of carbonyl (C=O) groups excluding carboxylic acids is 1. The van der Waals surface area contributed by atoms with Crippen molar-refractivity contribution in [2.45, 2.75) is 6.42 Å². The summed E-state index contributed by atoms with van der Waals surface area (Å²) in [5.74, 6) is 0.133. The first-order valence-corrected chi connectivity index (χ1v) is 6.43. The largest absolute Gasteiger partial charge is 0.349 e. The number of hydrogen-bond acceptors (Lipinski definition) is 2. The topological polar surface area (TPSA) is 20.3 Å². The molecule has 0 unspecified atom stereocenters. The van der Waals surface area contributed by atoms with Crippen LogP contribution in [0.25, 0.3) is 11.1 Å². The van der Waals surface area contributed by atoms with Gasteiger partial charge in [0.15, 0.2) is 0 Å². The molecular formula is C14H15NOS. The van der Waals surface area contributed by atoms with Crippen LogP contribution in [0.2, 0.25) is 0 Å². The Balaban J connectivity index is 2.11. The maximum atomic E-state index is 11.6. The Morgan fingerprint density at radius 2 is 1.82 bits per heavy atom. The van der Waals surface area contributed by atoms with Crippen LogP contribution in [-0.2, 0) is 11.2 Å². The summed E-state index contributed by atoms with van der Waals surface area (Å²) in [5.41, 5.74) is 3.50. The third kappa shape index (κ3) is 2.94. The summed E-state index contributed by atoms with van der Waals surface area (Å²) in [6, 6.07) is 10.3. The molecule has 0 N–H and O–H groups in total. The lowest BCUT2D eigenvalue weighted by Gasteiger charge is -2.10. The molecule has 0 aliphatic rings. The minimum Gasteiger partial charge on any atom is -0.349 e. The molecule has 88 valence electrons. The fourth-order valence-electron chi connectivity index (χ4n) is 1.58. The Hall–Kier alpha value is -1.61. The fraction of sp³-hybridized carbons (Fsp3) is 0.214. The van der Waals surface area contributed by atoms with Crippen LogP contribution in [0.4, 0.5) is 0 Å². The second-order valence-electron chi connectivity index (χ2n) is 4.17. The van der Waals surface area contributed by atoms with E-state index in [-0.39, 0.29) is 5.91 Å². The van der Waals surface area contributed by atoms with Crippen molar-refractivity contribution < 1.29 is 4.79 Å². The smallest absolute Gasteiger partial charge is 0.226 e. The van der Waals surface area contributed by atoms with Crippen molar-refractivity contribution in [2.24, 2.45) is 0 Å². The molecule has 2 rings (SSSR count). The summed E-state index contributed by atoms with van der Waals surface area (Å²) in [7, 11) is 3.56. The van der Waals surface area contributed by atoms with Crippen LogP contribution in [0, 0.1) is 0 Å². The normalized spacial score (nSPS) is 10.2. The maximum absolute atomic E-state index is 11.6. The average molecular weight is 245 g/mol. The second-order valence-corrected chi connectivity index (χ2v) is 4.95. The number of rotatable bonds is 3. The molecule has 17 heavy (non-hydrogen) atoms. The van der Waals surface area contributed by atoms with Crippen molar-refractivity contribution in [1.29, 1.82) is 0 Å². The highest BCUT2D eigenvalue weighted by atomic mass is 32.1. The predicted octanol–water partition coefficient (Wildman–Crippen LogP) is 3.05. The number of carbonyl (C=O) groups is 1. The first-order chi connectivity index (χ1) is 8.16. The number of likely N-dealkylation sites (N-methyl/N-ethyl adjacent to an activating group) is 1. The zero-order chi connectivity index (χ0) is 12.3. The van der Waals surface area contributed by atoms with Gasteiger partial charge < -0.3 is 4.90 Å². The van der Waals surface area contributed by atoms with Gasteiger partial charge >= 0.3 is 0 Å². The molecule has 0 saturated carbocycles. The van der Waals surface area contributed by atoms with Gasteiger partial charge in [0.1, 0.15) is 0 Å². The molecular weight excluding hydrogens is 230 g/mol. The van der Waals surface area contributed by atoms with Crippen molar-refractivity contribution in [3.8, 4) is 11.1 Å². The van der Waals surface area contributed by atoms with E-state index in [1.165, 1.54) is 11.1 Å². The molecule has 0 aliphatic heterocycles. The van der Waals surface area contributed by atoms with E-state index in [1.807, 2.05) is 12.1 Å². The van der Waals surface area contributed by atoms with Crippen molar-refractivity contribution in [2.75, 3.05) is 14.1 Å². The van der Waals surface area contributed by atoms with Gasteiger partial charge in [0.05, 0.1) is 6.42 Å². The zero-order valence-electron chi connectivity index (χ0n) is 10.0. The summed E-state index contributed by atoms with van der Waals surface area (Å²) >= 11 is 1.69. The molecule has 1 heterocycles. The number of thiophene rings is 1. The molecule has 2 nitrogen and oxygen atoms in total. The second kappa shape index (κ2) is 5.15. The lowest BCUT2D eigenvalue weighted by molar-refractivity contribution is -0.127. The van der Waals surface area contributed by atoms with E-state index in [0.29, 0.717) is 6.42 Å². The standard InChI is InChI=1S/C14H15NOS/c1-15(2)14(16)9-11-3-5-12(6-4-11)13-7-8-17-10-13/h3-8,10H,9H2,1-2H3. The van der Waals surface area contributed by atoms with Crippen LogP contribution >= 0.6 is 11.3 Å². The van der Waals surface area contributed by atoms with E-state index in [1.54, 1.807) is 30.3 Å². The van der Waals surface area contributed by atoms with Crippen LogP contribution in [0.15, 0.2) is 41.1 Å². The van der Waals surface area contributed by atoms with Gasteiger partial charge in [-0.2, -0.15) is 11.3 Å². The number of benzene rings is 1. The number of nitrogens with zero attached hydrogens (tertiary/aromatic N) is 1. The summed E-state index contributed by atoms with van der Waals surface area (Å²) in [6.45, 7) is 0. The molecule has 0 saturated heterocycles. The third-order valence-corrected chi connectivity index (χ3v) is 3.35. The molecule has 0 spiro atoms. The first kappa shape index (κ1) is 11.9. The number of hydrogen-bond donors (Lipinski definition) is 0. The molecule has 2 aromatic rings. The Morgan fingerprint density at radius 3 is 2.35 bits per heavy atom. The molecule has 1 aromatic carbocycles. The van der Waals surface area contributed by atoms with E-state index >= 15 is 0 Å². The van der Waals surface area contributed by atoms with E-state index in [0.717, 1.165) is 5.56 Å². The van der Waals surface area contributed by atoms with Gasteiger partial charge in [-0.25, -0.2) is 0 Å². The van der Waals surface area contributed by atoms with Crippen molar-refractivity contribution in [3.05, 3.63) is 46.7 Å². The third-order valence-electron chi connectivity index (χ3n) is 2.66. The Kier molecular flexibility index (Phi) is 3.59. The fourth-order valence-corrected chi connectivity index (χ4v) is 2.24. The molecule has 0 atom stereocenters. The molecule has 0 bridgehead atoms. The van der Waals surface area contributed by atoms with Crippen LogP contribution < -0.4 is 0 Å². The van der Waals surface area contributed by atoms with Crippen LogP contribution in [0.1, 0.15) is 5.56 Å². The Morgan fingerprint density at radius 1 is 1.12 bits per heavy atom. The van der Waals surface area contributed by atoms with Gasteiger partial charge in [0.2, 0.25) is 5.91 Å². The minimum absolute atomic E-state index is 0.133. The van der Waals surface area contributed by atoms with Crippen LogP contribution in [0.5, 0.6) is 0 Å². The van der Waals surface area contributed by atoms with Gasteiger partial charge in [-0.15, -0.1) is 0 Å². The zero-order valence-corrected chi connectivity index (χ0v) is 10.8. The van der Waals surface area contributed by atoms with E-state index < -0.39 is 0 Å². The Bertz CT molecular complexity index is 485. The van der Waals surface area contributed by atoms with Crippen LogP contribution in [-0.4, -0.2) is 24.9 Å². The van der Waals surface area contributed by atoms with E-state index in [9.17, 15) is 4.79 Å². The van der Waals surface area contributed by atoms with Gasteiger partial charge in [0.25, 0.3) is 0 Å². The monoisotopic (exact) mass is 245 g/mol. The summed E-state index contributed by atoms with van der Waals surface area (Å²) in [5, 5.41) is 4.19. The predicted molar refractivity (Wildman–Crippen MR) is 72.2 cm³/mol. The highest BCUT2D eigenvalue weighted by Gasteiger charge is 2.05. The molecule has 0 radical (unpaired) electrons. The van der Waals surface area contributed by atoms with E-state index in [2.05, 4.69) is 29.0 Å². The lowest BCUT2D eigenvalue weighted by Crippen LogP contribution is -2.23. The average Bonchev–Trinajstić information content (AvgIpc) is 2.83. The minimum atomic E-state index is 0.133. The van der Waals surface area contributed by atoms with E-state index in [4.69, 9.17) is 0 Å².